The van der Waals surface area contributed by atoms with E-state index in [2.05, 4.69) is 0 Å². The van der Waals surface area contributed by atoms with Gasteiger partial charge in [0.05, 0.1) is 5.39 Å². The van der Waals surface area contributed by atoms with E-state index in [0.717, 1.165) is 0 Å². The fraction of sp³-hybridized carbons (Fsp3) is 0.174. The number of hydrogen-bond acceptors (Lipinski definition) is 6. The summed E-state index contributed by atoms with van der Waals surface area (Å²) in [6.45, 7) is 5.03. The van der Waals surface area contributed by atoms with Crippen LogP contribution in [-0.4, -0.2) is 23.1 Å². The molecule has 6 heteroatoms. The minimum Gasteiger partial charge on any atom is -0.455 e. The molecule has 0 atom stereocenters. The molecule has 0 N–H and O–H groups in total. The highest BCUT2D eigenvalue weighted by Gasteiger charge is 2.27. The predicted octanol–water partition coefficient (Wildman–Crippen LogP) is 4.27. The lowest BCUT2D eigenvalue weighted by molar-refractivity contribution is 0.0968. The van der Waals surface area contributed by atoms with E-state index in [1.54, 1.807) is 24.3 Å². The van der Waals surface area contributed by atoms with Gasteiger partial charge in [-0.05, 0) is 52.0 Å². The van der Waals surface area contributed by atoms with Gasteiger partial charge in [-0.2, -0.15) is 0 Å². The molecular weight excluding hydrogens is 372 g/mol. The van der Waals surface area contributed by atoms with Crippen molar-refractivity contribution in [3.63, 3.8) is 0 Å². The average molecular weight is 390 g/mol. The van der Waals surface area contributed by atoms with E-state index in [9.17, 15) is 24.0 Å². The maximum absolute atomic E-state index is 13.0. The summed E-state index contributed by atoms with van der Waals surface area (Å²) in [7, 11) is 0. The molecule has 2 aromatic carbocycles. The van der Waals surface area contributed by atoms with E-state index < -0.39 is 22.8 Å². The van der Waals surface area contributed by atoms with Gasteiger partial charge in [0, 0.05) is 22.3 Å². The third-order valence-electron chi connectivity index (χ3n) is 4.68. The van der Waals surface area contributed by atoms with Gasteiger partial charge in [-0.3, -0.25) is 24.0 Å². The van der Waals surface area contributed by atoms with Crippen LogP contribution in [0.5, 0.6) is 0 Å². The van der Waals surface area contributed by atoms with Gasteiger partial charge in [-0.15, -0.1) is 0 Å². The minimum atomic E-state index is -0.533. The summed E-state index contributed by atoms with van der Waals surface area (Å²) >= 11 is 0. The maximum atomic E-state index is 13.0. The van der Waals surface area contributed by atoms with Crippen molar-refractivity contribution in [3.8, 4) is 11.3 Å². The zero-order valence-electron chi connectivity index (χ0n) is 16.4. The molecule has 0 spiro atoms. The molecule has 1 heterocycles. The van der Waals surface area contributed by atoms with Crippen molar-refractivity contribution >= 4 is 34.1 Å². The van der Waals surface area contributed by atoms with E-state index in [0.29, 0.717) is 0 Å². The van der Waals surface area contributed by atoms with Crippen molar-refractivity contribution in [1.82, 2.24) is 0 Å². The first-order chi connectivity index (χ1) is 13.6. The van der Waals surface area contributed by atoms with Crippen LogP contribution in [0.1, 0.15) is 69.1 Å². The number of fused-ring (bicyclic) bond motifs is 1. The number of carbonyl (C=O) groups is 4. The molecule has 1 aromatic heterocycles. The molecule has 0 saturated heterocycles. The molecule has 146 valence electrons. The highest BCUT2D eigenvalue weighted by Crippen LogP contribution is 2.33. The molecule has 6 nitrogen and oxygen atoms in total. The summed E-state index contributed by atoms with van der Waals surface area (Å²) in [4.78, 5) is 62.1. The standard InChI is InChI=1S/C23H18O6/c1-11(24)15-9-10-17(20(13(3)26)19(15)12(2)25)23-21(14(4)27)22(28)16-7-5-6-8-18(16)29-23/h5-10H,1-4H3. The summed E-state index contributed by atoms with van der Waals surface area (Å²) in [5.74, 6) is -1.97. The number of ketones is 4. The van der Waals surface area contributed by atoms with Crippen molar-refractivity contribution in [2.24, 2.45) is 0 Å². The second-order valence-corrected chi connectivity index (χ2v) is 6.77. The van der Waals surface area contributed by atoms with Gasteiger partial charge >= 0.3 is 0 Å². The Bertz CT molecular complexity index is 1280. The normalized spacial score (nSPS) is 10.8. The summed E-state index contributed by atoms with van der Waals surface area (Å²) in [6, 6.07) is 9.28. The SMILES string of the molecule is CC(=O)c1ccc(-c2oc3ccccc3c(=O)c2C(C)=O)c(C(C)=O)c1C(C)=O. The van der Waals surface area contributed by atoms with Crippen molar-refractivity contribution < 1.29 is 23.6 Å². The maximum Gasteiger partial charge on any atom is 0.204 e. The molecule has 29 heavy (non-hydrogen) atoms. The molecule has 0 saturated carbocycles. The molecule has 0 bridgehead atoms. The molecule has 0 aliphatic heterocycles. The number of rotatable bonds is 5. The van der Waals surface area contributed by atoms with Gasteiger partial charge < -0.3 is 4.42 Å². The summed E-state index contributed by atoms with van der Waals surface area (Å²) in [6.07, 6.45) is 0. The lowest BCUT2D eigenvalue weighted by Gasteiger charge is -2.15. The first kappa shape index (κ1) is 20.1. The first-order valence-electron chi connectivity index (χ1n) is 8.92. The molecule has 0 amide bonds. The number of benzene rings is 2. The van der Waals surface area contributed by atoms with Crippen LogP contribution in [0.15, 0.2) is 45.6 Å². The van der Waals surface area contributed by atoms with Gasteiger partial charge in [0.1, 0.15) is 16.9 Å². The van der Waals surface area contributed by atoms with Crippen LogP contribution in [-0.2, 0) is 0 Å². The van der Waals surface area contributed by atoms with Gasteiger partial charge in [0.25, 0.3) is 0 Å². The van der Waals surface area contributed by atoms with Crippen LogP contribution in [0.25, 0.3) is 22.3 Å². The molecule has 0 aliphatic rings. The number of hydrogen-bond donors (Lipinski definition) is 0. The molecule has 3 aromatic rings. The van der Waals surface area contributed by atoms with Crippen molar-refractivity contribution in [2.45, 2.75) is 27.7 Å². The predicted molar refractivity (Wildman–Crippen MR) is 108 cm³/mol. The van der Waals surface area contributed by atoms with Crippen LogP contribution >= 0.6 is 0 Å². The summed E-state index contributed by atoms with van der Waals surface area (Å²) in [5.41, 5.74) is -0.370. The smallest absolute Gasteiger partial charge is 0.204 e. The third-order valence-corrected chi connectivity index (χ3v) is 4.68. The van der Waals surface area contributed by atoms with E-state index >= 15 is 0 Å². The molecular formula is C23H18O6. The lowest BCUT2D eigenvalue weighted by atomic mass is 9.87. The Morgan fingerprint density at radius 3 is 1.83 bits per heavy atom. The third kappa shape index (κ3) is 3.33. The Labute approximate surface area is 166 Å². The Balaban J connectivity index is 2.55. The number of para-hydroxylation sites is 1. The second-order valence-electron chi connectivity index (χ2n) is 6.77. The van der Waals surface area contributed by atoms with Gasteiger partial charge in [0.2, 0.25) is 5.43 Å². The summed E-state index contributed by atoms with van der Waals surface area (Å²) < 4.78 is 5.88. The summed E-state index contributed by atoms with van der Waals surface area (Å²) in [5, 5.41) is 0.234. The Hall–Kier alpha value is -3.67. The van der Waals surface area contributed by atoms with E-state index in [1.807, 2.05) is 0 Å². The molecule has 0 radical (unpaired) electrons. The number of carbonyl (C=O) groups excluding carboxylic acids is 4. The molecule has 0 aliphatic carbocycles. The Morgan fingerprint density at radius 2 is 1.28 bits per heavy atom. The molecule has 3 rings (SSSR count). The fourth-order valence-corrected chi connectivity index (χ4v) is 3.47. The van der Waals surface area contributed by atoms with E-state index in [1.165, 1.54) is 39.8 Å². The van der Waals surface area contributed by atoms with E-state index in [-0.39, 0.29) is 50.3 Å². The minimum absolute atomic E-state index is 0.0483. The fourth-order valence-electron chi connectivity index (χ4n) is 3.47. The average Bonchev–Trinajstić information content (AvgIpc) is 2.66. The monoisotopic (exact) mass is 390 g/mol. The second kappa shape index (κ2) is 7.39. The zero-order chi connectivity index (χ0) is 21.5. The highest BCUT2D eigenvalue weighted by atomic mass is 16.3. The van der Waals surface area contributed by atoms with Crippen LogP contribution in [0.4, 0.5) is 0 Å². The molecule has 0 unspecified atom stereocenters. The van der Waals surface area contributed by atoms with Crippen LogP contribution in [0.2, 0.25) is 0 Å². The topological polar surface area (TPSA) is 98.5 Å². The van der Waals surface area contributed by atoms with Crippen LogP contribution < -0.4 is 5.43 Å². The Kier molecular flexibility index (Phi) is 5.12. The van der Waals surface area contributed by atoms with E-state index in [4.69, 9.17) is 4.42 Å². The zero-order valence-corrected chi connectivity index (χ0v) is 16.4. The lowest BCUT2D eigenvalue weighted by Crippen LogP contribution is -2.17. The quantitative estimate of drug-likeness (QED) is 0.603. The first-order valence-corrected chi connectivity index (χ1v) is 8.92. The number of Topliss-reactive ketones (excluding diaryl/α,β-unsaturated/α-hetero) is 4. The highest BCUT2D eigenvalue weighted by molar-refractivity contribution is 6.17. The van der Waals surface area contributed by atoms with Crippen LogP contribution in [0, 0.1) is 0 Å². The largest absolute Gasteiger partial charge is 0.455 e. The van der Waals surface area contributed by atoms with Crippen molar-refractivity contribution in [2.75, 3.05) is 0 Å². The van der Waals surface area contributed by atoms with Crippen LogP contribution in [0.3, 0.4) is 0 Å². The Morgan fingerprint density at radius 1 is 0.690 bits per heavy atom. The van der Waals surface area contributed by atoms with Crippen molar-refractivity contribution in [3.05, 3.63) is 68.9 Å². The van der Waals surface area contributed by atoms with Gasteiger partial charge in [-0.1, -0.05) is 12.1 Å². The van der Waals surface area contributed by atoms with Crippen molar-refractivity contribution in [1.29, 1.82) is 0 Å². The molecule has 0 fully saturated rings. The van der Waals surface area contributed by atoms with Gasteiger partial charge in [0.15, 0.2) is 23.1 Å². The van der Waals surface area contributed by atoms with Gasteiger partial charge in [-0.25, -0.2) is 0 Å².